The predicted molar refractivity (Wildman–Crippen MR) is 113 cm³/mol. The molecule has 3 aliphatic rings. The summed E-state index contributed by atoms with van der Waals surface area (Å²) in [6.45, 7) is 2.26. The maximum Gasteiger partial charge on any atom is 1.00 e. The SMILES string of the molecule is Cc1c2c(=O)n(-c3nc4ccccc4s3)nc-2cc([O-])n1Cc1ccc2c(c1)OCO2.[Na+]. The quantitative estimate of drug-likeness (QED) is 0.354. The van der Waals surface area contributed by atoms with Crippen LogP contribution in [0.1, 0.15) is 11.3 Å². The van der Waals surface area contributed by atoms with E-state index in [0.717, 1.165) is 15.8 Å². The topological polar surface area (TPSA) is 94.2 Å². The molecular weight excluding hydrogens is 439 g/mol. The van der Waals surface area contributed by atoms with Crippen LogP contribution in [-0.2, 0) is 6.54 Å². The normalized spacial score (nSPS) is 12.4. The summed E-state index contributed by atoms with van der Waals surface area (Å²) < 4.78 is 14.6. The number of fused-ring (bicyclic) bond motifs is 3. The molecule has 4 heterocycles. The third-order valence-electron chi connectivity index (χ3n) is 5.40. The van der Waals surface area contributed by atoms with E-state index in [1.165, 1.54) is 22.1 Å². The molecule has 0 N–H and O–H groups in total. The third-order valence-corrected chi connectivity index (χ3v) is 6.42. The molecule has 2 aromatic carbocycles. The van der Waals surface area contributed by atoms with E-state index in [-0.39, 0.29) is 47.8 Å². The largest absolute Gasteiger partial charge is 1.00 e. The molecular formula is C22H15N4NaO4S. The summed E-state index contributed by atoms with van der Waals surface area (Å²) in [7, 11) is 0. The Morgan fingerprint density at radius 1 is 1.12 bits per heavy atom. The van der Waals surface area contributed by atoms with Gasteiger partial charge in [-0.15, -0.1) is 0 Å². The Hall–Kier alpha value is -2.85. The van der Waals surface area contributed by atoms with Crippen LogP contribution in [0, 0.1) is 6.92 Å². The molecule has 0 atom stereocenters. The maximum absolute atomic E-state index is 13.2. The van der Waals surface area contributed by atoms with Crippen LogP contribution < -0.4 is 49.7 Å². The van der Waals surface area contributed by atoms with Gasteiger partial charge in [-0.25, -0.2) is 4.98 Å². The molecule has 6 rings (SSSR count). The Balaban J connectivity index is 0.00000216. The van der Waals surface area contributed by atoms with Gasteiger partial charge in [-0.05, 0) is 48.7 Å². The third kappa shape index (κ3) is 3.29. The second kappa shape index (κ2) is 7.93. The minimum Gasteiger partial charge on any atom is -0.860 e. The van der Waals surface area contributed by atoms with Gasteiger partial charge in [0.15, 0.2) is 11.5 Å². The van der Waals surface area contributed by atoms with E-state index in [2.05, 4.69) is 10.1 Å². The zero-order chi connectivity index (χ0) is 21.1. The molecule has 32 heavy (non-hydrogen) atoms. The van der Waals surface area contributed by atoms with Crippen LogP contribution in [0.25, 0.3) is 26.6 Å². The molecule has 0 amide bonds. The number of aromatic nitrogens is 4. The summed E-state index contributed by atoms with van der Waals surface area (Å²) in [4.78, 5) is 17.7. The van der Waals surface area contributed by atoms with Crippen molar-refractivity contribution in [2.45, 2.75) is 13.5 Å². The molecule has 0 aliphatic carbocycles. The van der Waals surface area contributed by atoms with E-state index in [9.17, 15) is 9.90 Å². The van der Waals surface area contributed by atoms with Gasteiger partial charge in [-0.3, -0.25) is 4.79 Å². The number of thiazole rings is 1. The number of nitrogens with zero attached hydrogens (tertiary/aromatic N) is 4. The van der Waals surface area contributed by atoms with Crippen LogP contribution in [0.15, 0.2) is 53.3 Å². The molecule has 0 saturated carbocycles. The molecule has 0 radical (unpaired) electrons. The van der Waals surface area contributed by atoms with Crippen molar-refractivity contribution in [2.75, 3.05) is 6.79 Å². The van der Waals surface area contributed by atoms with Crippen molar-refractivity contribution in [1.82, 2.24) is 19.3 Å². The van der Waals surface area contributed by atoms with E-state index in [1.807, 2.05) is 42.5 Å². The van der Waals surface area contributed by atoms with E-state index >= 15 is 0 Å². The first kappa shape index (κ1) is 21.0. The van der Waals surface area contributed by atoms with Crippen molar-refractivity contribution in [3.63, 3.8) is 0 Å². The molecule has 0 bridgehead atoms. The number of hydrogen-bond donors (Lipinski definition) is 0. The first-order valence-electron chi connectivity index (χ1n) is 9.63. The number of para-hydroxylation sites is 1. The maximum atomic E-state index is 13.2. The van der Waals surface area contributed by atoms with Crippen LogP contribution in [-0.4, -0.2) is 26.1 Å². The monoisotopic (exact) mass is 454 g/mol. The number of benzene rings is 2. The van der Waals surface area contributed by atoms with Gasteiger partial charge in [-0.2, -0.15) is 9.78 Å². The van der Waals surface area contributed by atoms with Gasteiger partial charge in [0.1, 0.15) is 0 Å². The van der Waals surface area contributed by atoms with Crippen molar-refractivity contribution < 1.29 is 44.1 Å². The van der Waals surface area contributed by atoms with Crippen LogP contribution >= 0.6 is 11.3 Å². The second-order valence-corrected chi connectivity index (χ2v) is 8.29. The van der Waals surface area contributed by atoms with Crippen LogP contribution in [0.2, 0.25) is 0 Å². The number of pyridine rings is 1. The Bertz CT molecular complexity index is 1470. The van der Waals surface area contributed by atoms with Crippen molar-refractivity contribution in [3.05, 3.63) is 70.1 Å². The van der Waals surface area contributed by atoms with Crippen LogP contribution in [0.3, 0.4) is 0 Å². The molecule has 154 valence electrons. The van der Waals surface area contributed by atoms with Gasteiger partial charge in [0.05, 0.1) is 21.5 Å². The molecule has 0 saturated heterocycles. The molecule has 10 heteroatoms. The molecule has 0 spiro atoms. The van der Waals surface area contributed by atoms with Gasteiger partial charge >= 0.3 is 29.6 Å². The molecule has 3 aliphatic heterocycles. The zero-order valence-corrected chi connectivity index (χ0v) is 20.2. The number of ether oxygens (including phenoxy) is 2. The summed E-state index contributed by atoms with van der Waals surface area (Å²) in [6, 6.07) is 14.6. The van der Waals surface area contributed by atoms with Gasteiger partial charge in [0.2, 0.25) is 11.9 Å². The minimum atomic E-state index is -0.286. The van der Waals surface area contributed by atoms with Gasteiger partial charge in [-0.1, -0.05) is 29.5 Å². The standard InChI is InChI=1S/C22H16N4O4S.Na/c1-12-20-15(24-26(21(20)28)22-23-14-4-2-3-5-18(14)31-22)9-19(27)25(12)10-13-6-7-16-17(8-13)30-11-29-16;/h2-9,27H,10-11H2,1H3;/q;+1/p-1. The second-order valence-electron chi connectivity index (χ2n) is 7.28. The fraction of sp³-hybridized carbons (Fsp3) is 0.136. The van der Waals surface area contributed by atoms with Crippen LogP contribution in [0.4, 0.5) is 0 Å². The van der Waals surface area contributed by atoms with E-state index in [4.69, 9.17) is 9.47 Å². The predicted octanol–water partition coefficient (Wildman–Crippen LogP) is -0.0885. The van der Waals surface area contributed by atoms with Gasteiger partial charge in [0, 0.05) is 12.2 Å². The van der Waals surface area contributed by atoms with E-state index < -0.39 is 0 Å². The zero-order valence-electron chi connectivity index (χ0n) is 17.4. The molecule has 0 unspecified atom stereocenters. The van der Waals surface area contributed by atoms with Crippen molar-refractivity contribution in [1.29, 1.82) is 0 Å². The Morgan fingerprint density at radius 2 is 1.94 bits per heavy atom. The van der Waals surface area contributed by atoms with Gasteiger partial charge < -0.3 is 19.1 Å². The number of hydrogen-bond acceptors (Lipinski definition) is 7. The van der Waals surface area contributed by atoms with E-state index in [0.29, 0.717) is 40.1 Å². The molecule has 0 fully saturated rings. The number of rotatable bonds is 3. The Labute approximate surface area is 208 Å². The Morgan fingerprint density at radius 3 is 2.78 bits per heavy atom. The fourth-order valence-electron chi connectivity index (χ4n) is 3.85. The van der Waals surface area contributed by atoms with Crippen molar-refractivity contribution in [2.24, 2.45) is 0 Å². The molecule has 1 aromatic heterocycles. The summed E-state index contributed by atoms with van der Waals surface area (Å²) in [5, 5.41) is 17.7. The fourth-order valence-corrected chi connectivity index (χ4v) is 4.77. The first-order chi connectivity index (χ1) is 15.1. The smallest absolute Gasteiger partial charge is 0.860 e. The summed E-state index contributed by atoms with van der Waals surface area (Å²) in [5.41, 5.74) is 2.75. The summed E-state index contributed by atoms with van der Waals surface area (Å²) in [5.74, 6) is 1.11. The molecule has 8 nitrogen and oxygen atoms in total. The Kier molecular flexibility index (Phi) is 5.21. The van der Waals surface area contributed by atoms with E-state index in [1.54, 1.807) is 11.5 Å². The average molecular weight is 454 g/mol. The van der Waals surface area contributed by atoms with Gasteiger partial charge in [0.25, 0.3) is 5.56 Å². The molecule has 3 aromatic rings. The summed E-state index contributed by atoms with van der Waals surface area (Å²) in [6.07, 6.45) is 0. The minimum absolute atomic E-state index is 0. The average Bonchev–Trinajstić information content (AvgIpc) is 3.47. The van der Waals surface area contributed by atoms with Crippen molar-refractivity contribution >= 4 is 21.6 Å². The van der Waals surface area contributed by atoms with Crippen LogP contribution in [0.5, 0.6) is 17.4 Å². The summed E-state index contributed by atoms with van der Waals surface area (Å²) >= 11 is 1.39. The first-order valence-corrected chi connectivity index (χ1v) is 10.4. The van der Waals surface area contributed by atoms with Crippen molar-refractivity contribution in [3.8, 4) is 33.8 Å².